The highest BCUT2D eigenvalue weighted by Gasteiger charge is 2.36. The van der Waals surface area contributed by atoms with Gasteiger partial charge in [-0.15, -0.1) is 6.58 Å². The first-order chi connectivity index (χ1) is 12.7. The van der Waals surface area contributed by atoms with Gasteiger partial charge in [0.05, 0.1) is 13.2 Å². The number of esters is 1. The van der Waals surface area contributed by atoms with E-state index < -0.39 is 6.04 Å². The van der Waals surface area contributed by atoms with Gasteiger partial charge in [-0.2, -0.15) is 0 Å². The molecule has 0 bridgehead atoms. The van der Waals surface area contributed by atoms with Gasteiger partial charge >= 0.3 is 12.1 Å². The van der Waals surface area contributed by atoms with Crippen molar-refractivity contribution in [1.82, 2.24) is 4.90 Å². The monoisotopic (exact) mass is 367 g/mol. The van der Waals surface area contributed by atoms with Crippen molar-refractivity contribution in [2.75, 3.05) is 19.8 Å². The number of allylic oxidation sites excluding steroid dienone is 1. The summed E-state index contributed by atoms with van der Waals surface area (Å²) in [5, 5.41) is 0. The van der Waals surface area contributed by atoms with E-state index in [4.69, 9.17) is 9.47 Å². The number of rotatable bonds is 14. The van der Waals surface area contributed by atoms with Crippen molar-refractivity contribution >= 4 is 12.1 Å². The van der Waals surface area contributed by atoms with E-state index in [1.807, 2.05) is 13.0 Å². The molecule has 1 rings (SSSR count). The smallest absolute Gasteiger partial charge is 0.410 e. The first-order valence-electron chi connectivity index (χ1n) is 10.4. The van der Waals surface area contributed by atoms with Crippen molar-refractivity contribution in [1.29, 1.82) is 0 Å². The van der Waals surface area contributed by atoms with E-state index in [0.29, 0.717) is 26.2 Å². The number of hydrogen-bond donors (Lipinski definition) is 0. The van der Waals surface area contributed by atoms with E-state index in [9.17, 15) is 9.59 Å². The van der Waals surface area contributed by atoms with Gasteiger partial charge in [0.25, 0.3) is 0 Å². The third-order valence-electron chi connectivity index (χ3n) is 4.78. The molecule has 0 aromatic heterocycles. The van der Waals surface area contributed by atoms with Crippen molar-refractivity contribution < 1.29 is 19.1 Å². The van der Waals surface area contributed by atoms with Crippen molar-refractivity contribution in [3.05, 3.63) is 12.7 Å². The number of likely N-dealkylation sites (tertiary alicyclic amines) is 1. The first-order valence-corrected chi connectivity index (χ1v) is 10.4. The second-order valence-electron chi connectivity index (χ2n) is 7.04. The Hall–Kier alpha value is -1.52. The number of amides is 1. The highest BCUT2D eigenvalue weighted by molar-refractivity contribution is 5.82. The van der Waals surface area contributed by atoms with Gasteiger partial charge in [0.1, 0.15) is 6.04 Å². The molecule has 0 aromatic rings. The third kappa shape index (κ3) is 9.25. The van der Waals surface area contributed by atoms with E-state index in [-0.39, 0.29) is 12.1 Å². The molecule has 1 atom stereocenters. The molecule has 5 nitrogen and oxygen atoms in total. The SMILES string of the molecule is C=CCCCCCCCCCOC(=O)C1CCCN1C(=O)OCCCC. The molecule has 0 spiro atoms. The van der Waals surface area contributed by atoms with Crippen LogP contribution < -0.4 is 0 Å². The predicted octanol–water partition coefficient (Wildman–Crippen LogP) is 5.24. The highest BCUT2D eigenvalue weighted by Crippen LogP contribution is 2.20. The zero-order chi connectivity index (χ0) is 19.0. The van der Waals surface area contributed by atoms with Gasteiger partial charge < -0.3 is 9.47 Å². The van der Waals surface area contributed by atoms with Crippen LogP contribution in [-0.2, 0) is 14.3 Å². The molecule has 1 heterocycles. The molecule has 150 valence electrons. The van der Waals surface area contributed by atoms with Crippen LogP contribution in [0.5, 0.6) is 0 Å². The van der Waals surface area contributed by atoms with Crippen LogP contribution in [0.4, 0.5) is 4.79 Å². The molecule has 0 radical (unpaired) electrons. The maximum atomic E-state index is 12.2. The molecule has 0 aliphatic carbocycles. The van der Waals surface area contributed by atoms with Crippen LogP contribution in [0.3, 0.4) is 0 Å². The summed E-state index contributed by atoms with van der Waals surface area (Å²) in [6.07, 6.45) is 14.2. The zero-order valence-electron chi connectivity index (χ0n) is 16.5. The summed E-state index contributed by atoms with van der Waals surface area (Å²) in [4.78, 5) is 25.8. The number of unbranched alkanes of at least 4 members (excludes halogenated alkanes) is 8. The molecule has 1 saturated heterocycles. The molecule has 1 fully saturated rings. The normalized spacial score (nSPS) is 16.5. The van der Waals surface area contributed by atoms with Crippen molar-refractivity contribution in [2.24, 2.45) is 0 Å². The van der Waals surface area contributed by atoms with E-state index in [0.717, 1.165) is 38.5 Å². The number of carbonyl (C=O) groups excluding carboxylic acids is 2. The first kappa shape index (κ1) is 22.5. The molecule has 0 N–H and O–H groups in total. The Morgan fingerprint density at radius 2 is 1.65 bits per heavy atom. The van der Waals surface area contributed by atoms with Crippen molar-refractivity contribution in [3.8, 4) is 0 Å². The second-order valence-corrected chi connectivity index (χ2v) is 7.04. The van der Waals surface area contributed by atoms with E-state index in [2.05, 4.69) is 6.58 Å². The van der Waals surface area contributed by atoms with Crippen molar-refractivity contribution in [2.45, 2.75) is 90.0 Å². The van der Waals surface area contributed by atoms with E-state index >= 15 is 0 Å². The molecule has 26 heavy (non-hydrogen) atoms. The molecule has 0 saturated carbocycles. The van der Waals surface area contributed by atoms with Crippen LogP contribution in [-0.4, -0.2) is 42.8 Å². The fourth-order valence-corrected chi connectivity index (χ4v) is 3.16. The van der Waals surface area contributed by atoms with Gasteiger partial charge in [0.2, 0.25) is 0 Å². The molecular weight excluding hydrogens is 330 g/mol. The Morgan fingerprint density at radius 1 is 1.00 bits per heavy atom. The fourth-order valence-electron chi connectivity index (χ4n) is 3.16. The molecule has 5 heteroatoms. The molecule has 1 aliphatic rings. The lowest BCUT2D eigenvalue weighted by molar-refractivity contribution is -0.148. The summed E-state index contributed by atoms with van der Waals surface area (Å²) in [5.41, 5.74) is 0. The summed E-state index contributed by atoms with van der Waals surface area (Å²) in [7, 11) is 0. The van der Waals surface area contributed by atoms with Gasteiger partial charge in [-0.1, -0.05) is 51.5 Å². The van der Waals surface area contributed by atoms with Crippen LogP contribution in [0, 0.1) is 0 Å². The topological polar surface area (TPSA) is 55.8 Å². The summed E-state index contributed by atoms with van der Waals surface area (Å²) in [6, 6.07) is -0.464. The minimum Gasteiger partial charge on any atom is -0.464 e. The summed E-state index contributed by atoms with van der Waals surface area (Å²) < 4.78 is 10.6. The standard InChI is InChI=1S/C21H37NO4/c1-3-5-7-8-9-10-11-12-13-18-25-20(23)19-15-14-16-22(19)21(24)26-17-6-4-2/h3,19H,1,4-18H2,2H3. The lowest BCUT2D eigenvalue weighted by Crippen LogP contribution is -2.41. The molecule has 1 amide bonds. The maximum Gasteiger partial charge on any atom is 0.410 e. The van der Waals surface area contributed by atoms with Crippen LogP contribution in [0.15, 0.2) is 12.7 Å². The quantitative estimate of drug-likeness (QED) is 0.239. The number of carbonyl (C=O) groups is 2. The lowest BCUT2D eigenvalue weighted by atomic mass is 10.1. The van der Waals surface area contributed by atoms with Gasteiger partial charge in [-0.3, -0.25) is 4.90 Å². The van der Waals surface area contributed by atoms with Gasteiger partial charge in [-0.05, 0) is 38.5 Å². The summed E-state index contributed by atoms with van der Waals surface area (Å²) in [5.74, 6) is -0.278. The zero-order valence-corrected chi connectivity index (χ0v) is 16.5. The Balaban J connectivity index is 2.10. The highest BCUT2D eigenvalue weighted by atomic mass is 16.6. The Labute approximate surface area is 159 Å². The average Bonchev–Trinajstić information content (AvgIpc) is 3.13. The number of ether oxygens (including phenoxy) is 2. The molecule has 0 aromatic carbocycles. The molecule has 1 aliphatic heterocycles. The Bertz CT molecular complexity index is 411. The average molecular weight is 368 g/mol. The predicted molar refractivity (Wildman–Crippen MR) is 104 cm³/mol. The molecular formula is C21H37NO4. The second kappa shape index (κ2) is 14.6. The van der Waals surface area contributed by atoms with Crippen LogP contribution in [0.1, 0.15) is 84.0 Å². The minimum atomic E-state index is -0.464. The summed E-state index contributed by atoms with van der Waals surface area (Å²) in [6.45, 7) is 7.23. The summed E-state index contributed by atoms with van der Waals surface area (Å²) >= 11 is 0. The Kier molecular flexibility index (Phi) is 12.7. The van der Waals surface area contributed by atoms with Crippen molar-refractivity contribution in [3.63, 3.8) is 0 Å². The van der Waals surface area contributed by atoms with E-state index in [1.54, 1.807) is 0 Å². The number of hydrogen-bond acceptors (Lipinski definition) is 4. The van der Waals surface area contributed by atoms with Crippen LogP contribution in [0.2, 0.25) is 0 Å². The fraction of sp³-hybridized carbons (Fsp3) is 0.810. The van der Waals surface area contributed by atoms with Gasteiger partial charge in [0.15, 0.2) is 0 Å². The lowest BCUT2D eigenvalue weighted by Gasteiger charge is -2.22. The minimum absolute atomic E-state index is 0.278. The Morgan fingerprint density at radius 3 is 2.35 bits per heavy atom. The van der Waals surface area contributed by atoms with Gasteiger partial charge in [0, 0.05) is 6.54 Å². The molecule has 1 unspecified atom stereocenters. The largest absolute Gasteiger partial charge is 0.464 e. The maximum absolute atomic E-state index is 12.2. The van der Waals surface area contributed by atoms with E-state index in [1.165, 1.54) is 37.0 Å². The van der Waals surface area contributed by atoms with Gasteiger partial charge in [-0.25, -0.2) is 9.59 Å². The van der Waals surface area contributed by atoms with Crippen LogP contribution in [0.25, 0.3) is 0 Å². The third-order valence-corrected chi connectivity index (χ3v) is 4.78. The number of nitrogens with zero attached hydrogens (tertiary/aromatic N) is 1. The van der Waals surface area contributed by atoms with Crippen LogP contribution >= 0.6 is 0 Å².